The number of nitrogens with two attached hydrogens (primary N) is 1. The highest BCUT2D eigenvalue weighted by atomic mass is 16.5. The molecular weight excluding hydrogens is 258 g/mol. The van der Waals surface area contributed by atoms with E-state index in [2.05, 4.69) is 20.3 Å². The molecule has 0 bridgehead atoms. The van der Waals surface area contributed by atoms with Crippen LogP contribution in [-0.2, 0) is 4.74 Å². The minimum atomic E-state index is -0.318. The number of rotatable bonds is 2. The number of oxime groups is 1. The number of amidine groups is 1. The van der Waals surface area contributed by atoms with Gasteiger partial charge in [0, 0.05) is 13.1 Å². The van der Waals surface area contributed by atoms with E-state index < -0.39 is 0 Å². The molecule has 0 atom stereocenters. The van der Waals surface area contributed by atoms with E-state index >= 15 is 0 Å². The molecule has 7 nitrogen and oxygen atoms in total. The number of aromatic nitrogens is 2. The first-order valence-electron chi connectivity index (χ1n) is 6.49. The van der Waals surface area contributed by atoms with Crippen LogP contribution < -0.4 is 10.6 Å². The van der Waals surface area contributed by atoms with Gasteiger partial charge in [-0.15, -0.1) is 5.10 Å². The second kappa shape index (κ2) is 4.90. The number of hydrogen-bond acceptors (Lipinski definition) is 6. The van der Waals surface area contributed by atoms with Crippen LogP contribution in [0.1, 0.15) is 33.3 Å². The Balaban J connectivity index is 2.41. The Bertz CT molecular complexity index is 511. The zero-order valence-electron chi connectivity index (χ0n) is 12.3. The molecule has 1 aliphatic heterocycles. The summed E-state index contributed by atoms with van der Waals surface area (Å²) < 4.78 is 6.04. The maximum atomic E-state index is 8.89. The zero-order valence-corrected chi connectivity index (χ0v) is 12.3. The van der Waals surface area contributed by atoms with Gasteiger partial charge in [-0.25, -0.2) is 0 Å². The summed E-state index contributed by atoms with van der Waals surface area (Å²) in [5.41, 5.74) is 5.64. The lowest BCUT2D eigenvalue weighted by Gasteiger charge is -2.47. The second-order valence-corrected chi connectivity index (χ2v) is 6.23. The van der Waals surface area contributed by atoms with Gasteiger partial charge in [0.2, 0.25) is 0 Å². The SMILES string of the molecule is CC1(C)CN(c2nnccc2/C(N)=N/O)CC(C)(C)O1. The van der Waals surface area contributed by atoms with Gasteiger partial charge in [-0.2, -0.15) is 5.10 Å². The predicted octanol–water partition coefficient (Wildman–Crippen LogP) is 0.965. The standard InChI is InChI=1S/C13H21N5O2/c1-12(2)7-18(8-13(3,4)20-12)11-9(10(14)17-19)5-6-15-16-11/h5-6,19H,7-8H2,1-4H3,(H2,14,17). The van der Waals surface area contributed by atoms with Crippen LogP contribution in [0, 0.1) is 0 Å². The van der Waals surface area contributed by atoms with E-state index in [9.17, 15) is 0 Å². The van der Waals surface area contributed by atoms with Crippen LogP contribution in [0.4, 0.5) is 5.82 Å². The molecule has 2 rings (SSSR count). The number of morpholine rings is 1. The van der Waals surface area contributed by atoms with Gasteiger partial charge in [0.15, 0.2) is 11.7 Å². The highest BCUT2D eigenvalue weighted by Gasteiger charge is 2.39. The average molecular weight is 279 g/mol. The Morgan fingerprint density at radius 2 is 1.95 bits per heavy atom. The third kappa shape index (κ3) is 2.98. The van der Waals surface area contributed by atoms with E-state index in [0.29, 0.717) is 24.5 Å². The number of anilines is 1. The van der Waals surface area contributed by atoms with Crippen LogP contribution >= 0.6 is 0 Å². The molecule has 110 valence electrons. The number of nitrogens with zero attached hydrogens (tertiary/aromatic N) is 4. The van der Waals surface area contributed by atoms with Gasteiger partial charge in [0.25, 0.3) is 0 Å². The predicted molar refractivity (Wildman–Crippen MR) is 76.0 cm³/mol. The number of hydrogen-bond donors (Lipinski definition) is 2. The van der Waals surface area contributed by atoms with E-state index in [0.717, 1.165) is 0 Å². The van der Waals surface area contributed by atoms with E-state index in [1.54, 1.807) is 6.07 Å². The Morgan fingerprint density at radius 3 is 2.50 bits per heavy atom. The minimum absolute atomic E-state index is 0.0250. The van der Waals surface area contributed by atoms with Gasteiger partial charge >= 0.3 is 0 Å². The molecule has 1 fully saturated rings. The van der Waals surface area contributed by atoms with Crippen LogP contribution in [-0.4, -0.2) is 45.5 Å². The van der Waals surface area contributed by atoms with Crippen molar-refractivity contribution in [2.45, 2.75) is 38.9 Å². The Hall–Kier alpha value is -1.89. The van der Waals surface area contributed by atoms with Crippen LogP contribution in [0.25, 0.3) is 0 Å². The van der Waals surface area contributed by atoms with Crippen molar-refractivity contribution in [2.75, 3.05) is 18.0 Å². The van der Waals surface area contributed by atoms with E-state index in [4.69, 9.17) is 15.7 Å². The fraction of sp³-hybridized carbons (Fsp3) is 0.615. The second-order valence-electron chi connectivity index (χ2n) is 6.23. The summed E-state index contributed by atoms with van der Waals surface area (Å²) in [4.78, 5) is 2.06. The van der Waals surface area contributed by atoms with Crippen molar-refractivity contribution in [3.05, 3.63) is 17.8 Å². The Kier molecular flexibility index (Phi) is 3.56. The van der Waals surface area contributed by atoms with Crippen molar-refractivity contribution in [1.82, 2.24) is 10.2 Å². The van der Waals surface area contributed by atoms with Gasteiger partial charge in [-0.05, 0) is 33.8 Å². The van der Waals surface area contributed by atoms with Gasteiger partial charge in [-0.3, -0.25) is 0 Å². The molecule has 1 aromatic rings. The summed E-state index contributed by atoms with van der Waals surface area (Å²) in [6.07, 6.45) is 1.52. The molecule has 1 aliphatic rings. The summed E-state index contributed by atoms with van der Waals surface area (Å²) >= 11 is 0. The lowest BCUT2D eigenvalue weighted by atomic mass is 9.98. The molecule has 3 N–H and O–H groups in total. The molecule has 0 unspecified atom stereocenters. The van der Waals surface area contributed by atoms with Crippen molar-refractivity contribution in [2.24, 2.45) is 10.9 Å². The molecule has 7 heteroatoms. The average Bonchev–Trinajstić information content (AvgIpc) is 2.34. The minimum Gasteiger partial charge on any atom is -0.409 e. The molecule has 0 saturated carbocycles. The van der Waals surface area contributed by atoms with Gasteiger partial charge in [-0.1, -0.05) is 5.16 Å². The van der Waals surface area contributed by atoms with Gasteiger partial charge in [0.1, 0.15) is 0 Å². The van der Waals surface area contributed by atoms with Crippen molar-refractivity contribution in [1.29, 1.82) is 0 Å². The fourth-order valence-electron chi connectivity index (χ4n) is 2.75. The maximum absolute atomic E-state index is 8.89. The summed E-state index contributed by atoms with van der Waals surface area (Å²) in [5.74, 6) is 0.629. The molecule has 20 heavy (non-hydrogen) atoms. The highest BCUT2D eigenvalue weighted by molar-refractivity contribution is 6.01. The van der Waals surface area contributed by atoms with Gasteiger partial charge < -0.3 is 20.6 Å². The van der Waals surface area contributed by atoms with Crippen LogP contribution in [0.5, 0.6) is 0 Å². The summed E-state index contributed by atoms with van der Waals surface area (Å²) in [6.45, 7) is 9.42. The normalized spacial score (nSPS) is 21.8. The quantitative estimate of drug-likeness (QED) is 0.362. The van der Waals surface area contributed by atoms with Crippen LogP contribution in [0.2, 0.25) is 0 Å². The fourth-order valence-corrected chi connectivity index (χ4v) is 2.75. The smallest absolute Gasteiger partial charge is 0.173 e. The summed E-state index contributed by atoms with van der Waals surface area (Å²) in [5, 5.41) is 20.0. The maximum Gasteiger partial charge on any atom is 0.173 e. The van der Waals surface area contributed by atoms with Crippen LogP contribution in [0.3, 0.4) is 0 Å². The number of ether oxygens (including phenoxy) is 1. The van der Waals surface area contributed by atoms with E-state index in [1.807, 2.05) is 27.7 Å². The molecule has 2 heterocycles. The van der Waals surface area contributed by atoms with Crippen molar-refractivity contribution in [3.63, 3.8) is 0 Å². The zero-order chi connectivity index (χ0) is 15.0. The van der Waals surface area contributed by atoms with Crippen molar-refractivity contribution < 1.29 is 9.94 Å². The molecule has 0 aliphatic carbocycles. The first-order valence-corrected chi connectivity index (χ1v) is 6.49. The first kappa shape index (κ1) is 14.5. The molecule has 1 saturated heterocycles. The molecular formula is C13H21N5O2. The largest absolute Gasteiger partial charge is 0.409 e. The molecule has 0 aromatic carbocycles. The summed E-state index contributed by atoms with van der Waals surface area (Å²) in [7, 11) is 0. The topological polar surface area (TPSA) is 96.9 Å². The van der Waals surface area contributed by atoms with E-state index in [-0.39, 0.29) is 17.0 Å². The Labute approximate surface area is 118 Å². The van der Waals surface area contributed by atoms with Crippen LogP contribution in [0.15, 0.2) is 17.4 Å². The first-order chi connectivity index (χ1) is 9.24. The highest BCUT2D eigenvalue weighted by Crippen LogP contribution is 2.31. The summed E-state index contributed by atoms with van der Waals surface area (Å²) in [6, 6.07) is 1.69. The molecule has 0 spiro atoms. The third-order valence-corrected chi connectivity index (χ3v) is 3.08. The van der Waals surface area contributed by atoms with Crippen molar-refractivity contribution >= 4 is 11.7 Å². The lowest BCUT2D eigenvalue weighted by Crippen LogP contribution is -2.57. The monoisotopic (exact) mass is 279 g/mol. The Morgan fingerprint density at radius 1 is 1.35 bits per heavy atom. The lowest BCUT2D eigenvalue weighted by molar-refractivity contribution is -0.133. The third-order valence-electron chi connectivity index (χ3n) is 3.08. The van der Waals surface area contributed by atoms with Crippen molar-refractivity contribution in [3.8, 4) is 0 Å². The molecule has 0 amide bonds. The van der Waals surface area contributed by atoms with Gasteiger partial charge in [0.05, 0.1) is 23.0 Å². The van der Waals surface area contributed by atoms with E-state index in [1.165, 1.54) is 6.20 Å². The molecule has 0 radical (unpaired) electrons. The molecule has 1 aromatic heterocycles.